The second-order valence-corrected chi connectivity index (χ2v) is 7.68. The minimum atomic E-state index is -0.477. The predicted molar refractivity (Wildman–Crippen MR) is 117 cm³/mol. The molecule has 0 radical (unpaired) electrons. The largest absolute Gasteiger partial charge is 0.318 e. The summed E-state index contributed by atoms with van der Waals surface area (Å²) in [6.45, 7) is 0. The number of benzene rings is 2. The zero-order valence-electron chi connectivity index (χ0n) is 16.7. The first kappa shape index (κ1) is 18.5. The van der Waals surface area contributed by atoms with Crippen molar-refractivity contribution in [3.63, 3.8) is 0 Å². The average molecular weight is 425 g/mol. The summed E-state index contributed by atoms with van der Waals surface area (Å²) in [4.78, 5) is 29.6. The molecule has 0 aliphatic heterocycles. The third-order valence-corrected chi connectivity index (χ3v) is 5.46. The highest BCUT2D eigenvalue weighted by Gasteiger charge is 2.28. The molecule has 1 saturated carbocycles. The summed E-state index contributed by atoms with van der Waals surface area (Å²) >= 11 is 0. The van der Waals surface area contributed by atoms with Crippen LogP contribution in [-0.4, -0.2) is 29.5 Å². The number of anilines is 2. The van der Waals surface area contributed by atoms with Crippen molar-refractivity contribution in [1.82, 2.24) is 29.5 Å². The van der Waals surface area contributed by atoms with E-state index in [4.69, 9.17) is 9.97 Å². The van der Waals surface area contributed by atoms with Crippen LogP contribution in [0.3, 0.4) is 0 Å². The van der Waals surface area contributed by atoms with Gasteiger partial charge in [0.2, 0.25) is 5.95 Å². The van der Waals surface area contributed by atoms with Crippen molar-refractivity contribution in [3.05, 3.63) is 82.8 Å². The van der Waals surface area contributed by atoms with E-state index in [1.807, 2.05) is 12.1 Å². The smallest absolute Gasteiger partial charge is 0.295 e. The van der Waals surface area contributed by atoms with Gasteiger partial charge < -0.3 is 5.32 Å². The first-order valence-electron chi connectivity index (χ1n) is 10.2. The summed E-state index contributed by atoms with van der Waals surface area (Å²) in [5, 5.41) is 8.52. The molecule has 0 spiro atoms. The maximum absolute atomic E-state index is 13.9. The van der Waals surface area contributed by atoms with Crippen LogP contribution in [0, 0.1) is 5.82 Å². The van der Waals surface area contributed by atoms with Crippen LogP contribution in [0.2, 0.25) is 0 Å². The topological polar surface area (TPSA) is 98.0 Å². The Morgan fingerprint density at radius 3 is 2.78 bits per heavy atom. The normalized spacial score (nSPS) is 13.5. The van der Waals surface area contributed by atoms with Gasteiger partial charge in [-0.25, -0.2) is 19.3 Å². The van der Waals surface area contributed by atoms with Crippen LogP contribution in [0.5, 0.6) is 0 Å². The van der Waals surface area contributed by atoms with Crippen LogP contribution >= 0.6 is 0 Å². The summed E-state index contributed by atoms with van der Waals surface area (Å²) in [7, 11) is 0. The fourth-order valence-corrected chi connectivity index (χ4v) is 3.83. The van der Waals surface area contributed by atoms with Crippen molar-refractivity contribution < 1.29 is 4.39 Å². The highest BCUT2D eigenvalue weighted by molar-refractivity contribution is 5.96. The van der Waals surface area contributed by atoms with E-state index in [1.165, 1.54) is 36.3 Å². The Labute approximate surface area is 180 Å². The summed E-state index contributed by atoms with van der Waals surface area (Å²) in [5.74, 6) is 0.755. The molecule has 2 aromatic carbocycles. The van der Waals surface area contributed by atoms with Crippen molar-refractivity contribution in [2.75, 3.05) is 5.32 Å². The van der Waals surface area contributed by atoms with Gasteiger partial charge in [-0.2, -0.15) is 4.52 Å². The second-order valence-electron chi connectivity index (χ2n) is 7.68. The molecule has 1 aliphatic carbocycles. The van der Waals surface area contributed by atoms with Crippen molar-refractivity contribution in [1.29, 1.82) is 0 Å². The van der Waals surface area contributed by atoms with Gasteiger partial charge in [0, 0.05) is 23.3 Å². The monoisotopic (exact) mass is 425 g/mol. The Morgan fingerprint density at radius 1 is 1.06 bits per heavy atom. The molecule has 0 bridgehead atoms. The predicted octanol–water partition coefficient (Wildman–Crippen LogP) is 3.85. The minimum absolute atomic E-state index is 0.157. The first-order chi connectivity index (χ1) is 15.7. The van der Waals surface area contributed by atoms with E-state index in [1.54, 1.807) is 16.6 Å². The molecule has 0 unspecified atom stereocenters. The average Bonchev–Trinajstić information content (AvgIpc) is 3.57. The lowest BCUT2D eigenvalue weighted by Crippen LogP contribution is -2.12. The van der Waals surface area contributed by atoms with Crippen LogP contribution in [0.25, 0.3) is 27.9 Å². The van der Waals surface area contributed by atoms with E-state index in [2.05, 4.69) is 26.4 Å². The van der Waals surface area contributed by atoms with E-state index in [0.29, 0.717) is 28.9 Å². The van der Waals surface area contributed by atoms with E-state index >= 15 is 0 Å². The van der Waals surface area contributed by atoms with Crippen molar-refractivity contribution in [3.8, 4) is 11.4 Å². The van der Waals surface area contributed by atoms with Gasteiger partial charge in [-0.3, -0.25) is 9.78 Å². The van der Waals surface area contributed by atoms with Crippen molar-refractivity contribution in [2.45, 2.75) is 18.8 Å². The van der Waals surface area contributed by atoms with Crippen LogP contribution in [-0.2, 0) is 0 Å². The molecule has 0 atom stereocenters. The molecule has 156 valence electrons. The van der Waals surface area contributed by atoms with Crippen LogP contribution < -0.4 is 10.9 Å². The maximum Gasteiger partial charge on any atom is 0.295 e. The third-order valence-electron chi connectivity index (χ3n) is 5.46. The maximum atomic E-state index is 13.9. The van der Waals surface area contributed by atoms with Gasteiger partial charge >= 0.3 is 0 Å². The third kappa shape index (κ3) is 3.15. The number of fused-ring (bicyclic) bond motifs is 3. The van der Waals surface area contributed by atoms with Crippen molar-refractivity contribution >= 4 is 28.2 Å². The zero-order chi connectivity index (χ0) is 21.7. The van der Waals surface area contributed by atoms with Crippen LogP contribution in [0.15, 0.2) is 65.8 Å². The lowest BCUT2D eigenvalue weighted by atomic mass is 10.1. The molecule has 1 aliphatic rings. The van der Waals surface area contributed by atoms with Crippen molar-refractivity contribution in [2.24, 2.45) is 0 Å². The summed E-state index contributed by atoms with van der Waals surface area (Å²) in [6, 6.07) is 12.1. The molecule has 1 N–H and O–H groups in total. The van der Waals surface area contributed by atoms with E-state index < -0.39 is 5.56 Å². The molecule has 8 nitrogen and oxygen atoms in total. The molecule has 3 aromatic heterocycles. The molecule has 3 heterocycles. The van der Waals surface area contributed by atoms with E-state index in [9.17, 15) is 9.18 Å². The lowest BCUT2D eigenvalue weighted by Gasteiger charge is -2.10. The molecule has 9 heteroatoms. The van der Waals surface area contributed by atoms with Gasteiger partial charge in [0.1, 0.15) is 11.5 Å². The van der Waals surface area contributed by atoms with E-state index in [0.717, 1.165) is 23.7 Å². The number of halogens is 1. The molecular formula is C23H16FN7O. The number of hydrogen-bond acceptors (Lipinski definition) is 7. The Hall–Kier alpha value is -4.27. The molecule has 0 amide bonds. The molecule has 1 fully saturated rings. The molecule has 32 heavy (non-hydrogen) atoms. The number of rotatable bonds is 4. The SMILES string of the molecule is O=c1nccncc1Nc1nc2cccc(C3CC3)c2c2nc(-c3cccc(F)c3)nn12. The van der Waals surface area contributed by atoms with Gasteiger partial charge in [0.15, 0.2) is 11.5 Å². The van der Waals surface area contributed by atoms with Crippen LogP contribution in [0.4, 0.5) is 16.0 Å². The van der Waals surface area contributed by atoms with Gasteiger partial charge in [0.05, 0.1) is 11.7 Å². The second kappa shape index (κ2) is 7.16. The Bertz CT molecular complexity index is 1560. The first-order valence-corrected chi connectivity index (χ1v) is 10.2. The summed E-state index contributed by atoms with van der Waals surface area (Å²) < 4.78 is 15.4. The molecule has 6 rings (SSSR count). The number of aromatic nitrogens is 6. The summed E-state index contributed by atoms with van der Waals surface area (Å²) in [6.07, 6.45) is 6.38. The minimum Gasteiger partial charge on any atom is -0.318 e. The zero-order valence-corrected chi connectivity index (χ0v) is 16.7. The van der Waals surface area contributed by atoms with Crippen LogP contribution in [0.1, 0.15) is 24.3 Å². The molecular weight excluding hydrogens is 409 g/mol. The Balaban J connectivity index is 1.63. The Morgan fingerprint density at radius 2 is 1.94 bits per heavy atom. The van der Waals surface area contributed by atoms with E-state index in [-0.39, 0.29) is 11.5 Å². The highest BCUT2D eigenvalue weighted by atomic mass is 19.1. The highest BCUT2D eigenvalue weighted by Crippen LogP contribution is 2.44. The number of nitrogens with one attached hydrogen (secondary N) is 1. The fourth-order valence-electron chi connectivity index (χ4n) is 3.83. The molecule has 5 aromatic rings. The van der Waals surface area contributed by atoms with Gasteiger partial charge in [-0.1, -0.05) is 24.3 Å². The molecule has 0 saturated heterocycles. The number of nitrogens with zero attached hydrogens (tertiary/aromatic N) is 6. The number of hydrogen-bond donors (Lipinski definition) is 1. The fraction of sp³-hybridized carbons (Fsp3) is 0.130. The van der Waals surface area contributed by atoms with Gasteiger partial charge in [-0.05, 0) is 42.5 Å². The Kier molecular flexibility index (Phi) is 4.14. The summed E-state index contributed by atoms with van der Waals surface area (Å²) in [5.41, 5.74) is 2.72. The van der Waals surface area contributed by atoms with Gasteiger partial charge in [-0.15, -0.1) is 5.10 Å². The standard InChI is InChI=1S/C23H16FN7O/c24-15-4-1-3-14(11-15)20-29-21-19-16(13-7-8-13)5-2-6-17(19)27-23(31(21)30-20)28-18-12-25-9-10-26-22(18)32/h1-6,9-13H,7-8H2,(H,26,27,28,32). The van der Waals surface area contributed by atoms with Gasteiger partial charge in [0.25, 0.3) is 5.56 Å². The quantitative estimate of drug-likeness (QED) is 0.467. The lowest BCUT2D eigenvalue weighted by molar-refractivity contribution is 0.628.